The molecule has 0 amide bonds. The summed E-state index contributed by atoms with van der Waals surface area (Å²) < 4.78 is 21.2. The summed E-state index contributed by atoms with van der Waals surface area (Å²) in [6.07, 6.45) is 1.86. The lowest BCUT2D eigenvalue weighted by Crippen LogP contribution is -2.31. The minimum Gasteiger partial charge on any atom is -0.493 e. The second-order valence-electron chi connectivity index (χ2n) is 5.99. The number of benzene rings is 2. The van der Waals surface area contributed by atoms with Crippen molar-refractivity contribution in [1.82, 2.24) is 5.32 Å². The van der Waals surface area contributed by atoms with Crippen LogP contribution in [-0.4, -0.2) is 48.0 Å². The summed E-state index contributed by atoms with van der Waals surface area (Å²) in [6.45, 7) is 0.779. The SMILES string of the molecule is CN=C(NCCCc1ccc(OC)c(OC)c1)Nc1ccc(OC)c(OC)c1. The van der Waals surface area contributed by atoms with Crippen LogP contribution in [0.3, 0.4) is 0 Å². The van der Waals surface area contributed by atoms with Crippen molar-refractivity contribution < 1.29 is 18.9 Å². The molecule has 0 unspecified atom stereocenters. The van der Waals surface area contributed by atoms with Crippen molar-refractivity contribution >= 4 is 11.6 Å². The van der Waals surface area contributed by atoms with Gasteiger partial charge in [-0.05, 0) is 42.7 Å². The molecule has 0 fully saturated rings. The normalized spacial score (nSPS) is 11.0. The number of rotatable bonds is 9. The van der Waals surface area contributed by atoms with E-state index in [9.17, 15) is 0 Å². The average molecular weight is 387 g/mol. The largest absolute Gasteiger partial charge is 0.493 e. The molecule has 2 aromatic rings. The van der Waals surface area contributed by atoms with Crippen molar-refractivity contribution in [3.05, 3.63) is 42.0 Å². The molecule has 152 valence electrons. The van der Waals surface area contributed by atoms with E-state index in [2.05, 4.69) is 21.7 Å². The van der Waals surface area contributed by atoms with Gasteiger partial charge in [-0.25, -0.2) is 0 Å². The van der Waals surface area contributed by atoms with Crippen LogP contribution in [0.25, 0.3) is 0 Å². The minimum atomic E-state index is 0.663. The Morgan fingerprint density at radius 1 is 0.821 bits per heavy atom. The van der Waals surface area contributed by atoms with Gasteiger partial charge < -0.3 is 29.6 Å². The molecule has 0 aromatic heterocycles. The maximum atomic E-state index is 5.35. The molecule has 2 aromatic carbocycles. The third-order valence-corrected chi connectivity index (χ3v) is 4.25. The number of aryl methyl sites for hydroxylation is 1. The zero-order valence-corrected chi connectivity index (χ0v) is 17.2. The first-order valence-electron chi connectivity index (χ1n) is 9.05. The topological polar surface area (TPSA) is 73.3 Å². The number of hydrogen-bond donors (Lipinski definition) is 2. The van der Waals surface area contributed by atoms with Gasteiger partial charge in [-0.15, -0.1) is 0 Å². The molecule has 0 radical (unpaired) electrons. The van der Waals surface area contributed by atoms with Gasteiger partial charge in [0.15, 0.2) is 29.0 Å². The van der Waals surface area contributed by atoms with E-state index in [4.69, 9.17) is 18.9 Å². The lowest BCUT2D eigenvalue weighted by atomic mass is 10.1. The van der Waals surface area contributed by atoms with Gasteiger partial charge >= 0.3 is 0 Å². The summed E-state index contributed by atoms with van der Waals surface area (Å²) in [7, 11) is 8.25. The zero-order chi connectivity index (χ0) is 20.4. The highest BCUT2D eigenvalue weighted by molar-refractivity contribution is 5.93. The fourth-order valence-corrected chi connectivity index (χ4v) is 2.77. The predicted molar refractivity (Wildman–Crippen MR) is 112 cm³/mol. The van der Waals surface area contributed by atoms with Crippen molar-refractivity contribution in [3.63, 3.8) is 0 Å². The fourth-order valence-electron chi connectivity index (χ4n) is 2.77. The second kappa shape index (κ2) is 10.9. The number of anilines is 1. The first-order valence-corrected chi connectivity index (χ1v) is 9.05. The van der Waals surface area contributed by atoms with Gasteiger partial charge in [-0.3, -0.25) is 4.99 Å². The van der Waals surface area contributed by atoms with Crippen molar-refractivity contribution in [3.8, 4) is 23.0 Å². The first-order chi connectivity index (χ1) is 13.6. The first kappa shape index (κ1) is 21.2. The van der Waals surface area contributed by atoms with E-state index >= 15 is 0 Å². The Morgan fingerprint density at radius 3 is 2.04 bits per heavy atom. The third kappa shape index (κ3) is 5.70. The molecule has 0 spiro atoms. The van der Waals surface area contributed by atoms with Gasteiger partial charge in [-0.1, -0.05) is 6.07 Å². The third-order valence-electron chi connectivity index (χ3n) is 4.25. The predicted octanol–water partition coefficient (Wildman–Crippen LogP) is 3.34. The highest BCUT2D eigenvalue weighted by Crippen LogP contribution is 2.30. The quantitative estimate of drug-likeness (QED) is 0.391. The smallest absolute Gasteiger partial charge is 0.195 e. The molecule has 2 rings (SSSR count). The molecule has 0 saturated carbocycles. The molecule has 0 aliphatic heterocycles. The Balaban J connectivity index is 1.86. The lowest BCUT2D eigenvalue weighted by Gasteiger charge is -2.14. The molecule has 0 aliphatic rings. The number of hydrogen-bond acceptors (Lipinski definition) is 5. The average Bonchev–Trinajstić information content (AvgIpc) is 2.75. The summed E-state index contributed by atoms with van der Waals surface area (Å²) in [5.41, 5.74) is 2.06. The van der Waals surface area contributed by atoms with Crippen LogP contribution in [0.2, 0.25) is 0 Å². The van der Waals surface area contributed by atoms with Crippen LogP contribution in [-0.2, 0) is 6.42 Å². The molecule has 28 heavy (non-hydrogen) atoms. The minimum absolute atomic E-state index is 0.663. The maximum Gasteiger partial charge on any atom is 0.195 e. The van der Waals surface area contributed by atoms with Crippen molar-refractivity contribution in [2.45, 2.75) is 12.8 Å². The fraction of sp³-hybridized carbons (Fsp3) is 0.381. The van der Waals surface area contributed by atoms with Crippen LogP contribution in [0.5, 0.6) is 23.0 Å². The molecule has 0 saturated heterocycles. The van der Waals surface area contributed by atoms with Crippen LogP contribution >= 0.6 is 0 Å². The van der Waals surface area contributed by atoms with Crippen LogP contribution in [0.4, 0.5) is 5.69 Å². The van der Waals surface area contributed by atoms with Gasteiger partial charge in [-0.2, -0.15) is 0 Å². The number of aliphatic imine (C=N–C) groups is 1. The summed E-state index contributed by atoms with van der Waals surface area (Å²) in [5.74, 6) is 3.53. The molecule has 0 bridgehead atoms. The molecule has 7 nitrogen and oxygen atoms in total. The van der Waals surface area contributed by atoms with E-state index in [1.165, 1.54) is 5.56 Å². The number of ether oxygens (including phenoxy) is 4. The molecule has 0 heterocycles. The van der Waals surface area contributed by atoms with Gasteiger partial charge in [0.2, 0.25) is 0 Å². The number of guanidine groups is 1. The van der Waals surface area contributed by atoms with E-state index < -0.39 is 0 Å². The van der Waals surface area contributed by atoms with E-state index in [0.717, 1.165) is 36.6 Å². The summed E-state index contributed by atoms with van der Waals surface area (Å²) in [6, 6.07) is 11.6. The van der Waals surface area contributed by atoms with E-state index in [1.54, 1.807) is 35.5 Å². The molecule has 2 N–H and O–H groups in total. The molecule has 0 aliphatic carbocycles. The van der Waals surface area contributed by atoms with Crippen LogP contribution in [0.15, 0.2) is 41.4 Å². The maximum absolute atomic E-state index is 5.35. The Bertz CT molecular complexity index is 793. The highest BCUT2D eigenvalue weighted by Gasteiger charge is 2.07. The van der Waals surface area contributed by atoms with Crippen LogP contribution < -0.4 is 29.6 Å². The monoisotopic (exact) mass is 387 g/mol. The van der Waals surface area contributed by atoms with Crippen molar-refractivity contribution in [2.24, 2.45) is 4.99 Å². The Morgan fingerprint density at radius 2 is 1.43 bits per heavy atom. The van der Waals surface area contributed by atoms with Gasteiger partial charge in [0.1, 0.15) is 0 Å². The van der Waals surface area contributed by atoms with Gasteiger partial charge in [0.25, 0.3) is 0 Å². The van der Waals surface area contributed by atoms with Crippen LogP contribution in [0, 0.1) is 0 Å². The molecule has 0 atom stereocenters. The lowest BCUT2D eigenvalue weighted by molar-refractivity contribution is 0.354. The second-order valence-corrected chi connectivity index (χ2v) is 5.99. The summed E-state index contributed by atoms with van der Waals surface area (Å²) in [5, 5.41) is 6.57. The molecular formula is C21H29N3O4. The Hall–Kier alpha value is -3.09. The van der Waals surface area contributed by atoms with E-state index in [1.807, 2.05) is 30.3 Å². The Kier molecular flexibility index (Phi) is 8.27. The number of nitrogens with one attached hydrogen (secondary N) is 2. The van der Waals surface area contributed by atoms with E-state index in [0.29, 0.717) is 17.5 Å². The van der Waals surface area contributed by atoms with Gasteiger partial charge in [0.05, 0.1) is 28.4 Å². The highest BCUT2D eigenvalue weighted by atomic mass is 16.5. The van der Waals surface area contributed by atoms with Gasteiger partial charge in [0, 0.05) is 25.3 Å². The zero-order valence-electron chi connectivity index (χ0n) is 17.2. The molecular weight excluding hydrogens is 358 g/mol. The van der Waals surface area contributed by atoms with Crippen molar-refractivity contribution in [2.75, 3.05) is 47.3 Å². The summed E-state index contributed by atoms with van der Waals surface area (Å²) in [4.78, 5) is 4.26. The summed E-state index contributed by atoms with van der Waals surface area (Å²) >= 11 is 0. The number of nitrogens with zero attached hydrogens (tertiary/aromatic N) is 1. The standard InChI is InChI=1S/C21H29N3O4/c1-22-21(24-16-9-11-18(26-3)20(14-16)28-5)23-12-6-7-15-8-10-17(25-2)19(13-15)27-4/h8-11,13-14H,6-7,12H2,1-5H3,(H2,22,23,24). The van der Waals surface area contributed by atoms with Crippen LogP contribution in [0.1, 0.15) is 12.0 Å². The number of methoxy groups -OCH3 is 4. The molecule has 7 heteroatoms. The Labute approximate surface area is 166 Å². The van der Waals surface area contributed by atoms with E-state index in [-0.39, 0.29) is 0 Å². The van der Waals surface area contributed by atoms with Crippen molar-refractivity contribution in [1.29, 1.82) is 0 Å².